The van der Waals surface area contributed by atoms with Crippen molar-refractivity contribution in [2.24, 2.45) is 11.8 Å². The largest absolute Gasteiger partial charge is 0.317 e. The van der Waals surface area contributed by atoms with E-state index in [0.29, 0.717) is 23.3 Å². The Morgan fingerprint density at radius 1 is 1.29 bits per heavy atom. The topological polar surface area (TPSA) is 46.2 Å². The summed E-state index contributed by atoms with van der Waals surface area (Å²) in [6, 6.07) is 6.39. The van der Waals surface area contributed by atoms with Crippen molar-refractivity contribution < 1.29 is 8.42 Å². The quantitative estimate of drug-likeness (QED) is 0.878. The highest BCUT2D eigenvalue weighted by Crippen LogP contribution is 2.30. The summed E-state index contributed by atoms with van der Waals surface area (Å²) in [4.78, 5) is 0. The Kier molecular flexibility index (Phi) is 5.44. The molecule has 1 aromatic rings. The van der Waals surface area contributed by atoms with Crippen LogP contribution in [0.5, 0.6) is 0 Å². The molecule has 0 bridgehead atoms. The molecular formula is C17H27NO2S. The minimum Gasteiger partial charge on any atom is -0.317 e. The van der Waals surface area contributed by atoms with Gasteiger partial charge in [0.25, 0.3) is 0 Å². The second-order valence-electron chi connectivity index (χ2n) is 6.31. The molecule has 0 saturated carbocycles. The van der Waals surface area contributed by atoms with Gasteiger partial charge in [-0.05, 0) is 68.3 Å². The zero-order chi connectivity index (χ0) is 15.5. The van der Waals surface area contributed by atoms with Crippen LogP contribution in [0.25, 0.3) is 0 Å². The molecule has 1 fully saturated rings. The number of sulfone groups is 1. The molecule has 2 unspecified atom stereocenters. The van der Waals surface area contributed by atoms with Gasteiger partial charge < -0.3 is 5.32 Å². The highest BCUT2D eigenvalue weighted by molar-refractivity contribution is 7.91. The van der Waals surface area contributed by atoms with E-state index < -0.39 is 9.84 Å². The molecule has 0 spiro atoms. The maximum absolute atomic E-state index is 11.8. The van der Waals surface area contributed by atoms with Crippen LogP contribution in [0.4, 0.5) is 0 Å². The Balaban J connectivity index is 2.17. The number of nitrogens with one attached hydrogen (secondary N) is 1. The molecule has 118 valence electrons. The number of aryl methyl sites for hydroxylation is 2. The van der Waals surface area contributed by atoms with Crippen LogP contribution in [-0.4, -0.2) is 33.0 Å². The molecule has 1 heterocycles. The molecule has 0 aliphatic carbocycles. The van der Waals surface area contributed by atoms with E-state index >= 15 is 0 Å². The van der Waals surface area contributed by atoms with E-state index in [4.69, 9.17) is 0 Å². The van der Waals surface area contributed by atoms with E-state index in [1.165, 1.54) is 16.7 Å². The molecule has 1 aliphatic rings. The highest BCUT2D eigenvalue weighted by Gasteiger charge is 2.33. The molecule has 0 amide bonds. The SMILES string of the molecule is CCNCC(Cc1c(C)cccc1C)C1CCS(=O)(=O)C1. The lowest BCUT2D eigenvalue weighted by Gasteiger charge is -2.24. The fourth-order valence-electron chi connectivity index (χ4n) is 3.36. The molecule has 1 aliphatic heterocycles. The first kappa shape index (κ1) is 16.5. The monoisotopic (exact) mass is 309 g/mol. The Hall–Kier alpha value is -0.870. The van der Waals surface area contributed by atoms with Gasteiger partial charge in [-0.25, -0.2) is 8.42 Å². The van der Waals surface area contributed by atoms with Gasteiger partial charge in [0, 0.05) is 0 Å². The third kappa shape index (κ3) is 4.30. The minimum absolute atomic E-state index is 0.299. The van der Waals surface area contributed by atoms with Gasteiger partial charge in [0.1, 0.15) is 0 Å². The van der Waals surface area contributed by atoms with Crippen LogP contribution in [0.1, 0.15) is 30.0 Å². The maximum Gasteiger partial charge on any atom is 0.150 e. The summed E-state index contributed by atoms with van der Waals surface area (Å²) < 4.78 is 23.6. The molecular weight excluding hydrogens is 282 g/mol. The molecule has 0 radical (unpaired) electrons. The number of hydrogen-bond acceptors (Lipinski definition) is 3. The van der Waals surface area contributed by atoms with E-state index in [2.05, 4.69) is 44.3 Å². The van der Waals surface area contributed by atoms with Crippen molar-refractivity contribution in [3.8, 4) is 0 Å². The fourth-order valence-corrected chi connectivity index (χ4v) is 5.28. The van der Waals surface area contributed by atoms with E-state index in [-0.39, 0.29) is 0 Å². The van der Waals surface area contributed by atoms with Gasteiger partial charge in [-0.15, -0.1) is 0 Å². The lowest BCUT2D eigenvalue weighted by Crippen LogP contribution is -2.31. The van der Waals surface area contributed by atoms with Gasteiger partial charge >= 0.3 is 0 Å². The van der Waals surface area contributed by atoms with Gasteiger partial charge in [0.05, 0.1) is 11.5 Å². The summed E-state index contributed by atoms with van der Waals surface area (Å²) >= 11 is 0. The summed E-state index contributed by atoms with van der Waals surface area (Å²) in [6.07, 6.45) is 1.80. The van der Waals surface area contributed by atoms with Gasteiger partial charge in [-0.1, -0.05) is 25.1 Å². The van der Waals surface area contributed by atoms with Crippen molar-refractivity contribution in [1.29, 1.82) is 0 Å². The summed E-state index contributed by atoms with van der Waals surface area (Å²) in [5.74, 6) is 1.44. The molecule has 1 saturated heterocycles. The van der Waals surface area contributed by atoms with Gasteiger partial charge in [-0.3, -0.25) is 0 Å². The molecule has 0 aromatic heterocycles. The summed E-state index contributed by atoms with van der Waals surface area (Å²) in [5, 5.41) is 3.42. The minimum atomic E-state index is -2.81. The first-order chi connectivity index (χ1) is 9.93. The van der Waals surface area contributed by atoms with Crippen LogP contribution in [0.15, 0.2) is 18.2 Å². The molecule has 1 N–H and O–H groups in total. The highest BCUT2D eigenvalue weighted by atomic mass is 32.2. The van der Waals surface area contributed by atoms with Crippen molar-refractivity contribution >= 4 is 9.84 Å². The average Bonchev–Trinajstić information content (AvgIpc) is 2.78. The Morgan fingerprint density at radius 3 is 2.48 bits per heavy atom. The van der Waals surface area contributed by atoms with Crippen molar-refractivity contribution in [3.63, 3.8) is 0 Å². The first-order valence-electron chi connectivity index (χ1n) is 7.89. The summed E-state index contributed by atoms with van der Waals surface area (Å²) in [6.45, 7) is 8.24. The second-order valence-corrected chi connectivity index (χ2v) is 8.53. The van der Waals surface area contributed by atoms with E-state index in [0.717, 1.165) is 25.9 Å². The van der Waals surface area contributed by atoms with E-state index in [1.807, 2.05) is 0 Å². The van der Waals surface area contributed by atoms with E-state index in [1.54, 1.807) is 0 Å². The van der Waals surface area contributed by atoms with Crippen LogP contribution in [0.2, 0.25) is 0 Å². The van der Waals surface area contributed by atoms with Crippen molar-refractivity contribution in [2.45, 2.75) is 33.6 Å². The summed E-state index contributed by atoms with van der Waals surface area (Å²) in [5.41, 5.74) is 4.03. The smallest absolute Gasteiger partial charge is 0.150 e. The first-order valence-corrected chi connectivity index (χ1v) is 9.71. The maximum atomic E-state index is 11.8. The van der Waals surface area contributed by atoms with Crippen molar-refractivity contribution in [1.82, 2.24) is 5.32 Å². The molecule has 2 atom stereocenters. The van der Waals surface area contributed by atoms with Crippen LogP contribution < -0.4 is 5.32 Å². The zero-order valence-corrected chi connectivity index (χ0v) is 14.2. The van der Waals surface area contributed by atoms with Crippen LogP contribution >= 0.6 is 0 Å². The van der Waals surface area contributed by atoms with Crippen molar-refractivity contribution in [3.05, 3.63) is 34.9 Å². The van der Waals surface area contributed by atoms with Crippen LogP contribution in [0.3, 0.4) is 0 Å². The Labute approximate surface area is 129 Å². The lowest BCUT2D eigenvalue weighted by molar-refractivity contribution is 0.345. The van der Waals surface area contributed by atoms with Crippen LogP contribution in [-0.2, 0) is 16.3 Å². The van der Waals surface area contributed by atoms with Gasteiger partial charge in [0.15, 0.2) is 9.84 Å². The number of hydrogen-bond donors (Lipinski definition) is 1. The predicted molar refractivity (Wildman–Crippen MR) is 88.4 cm³/mol. The molecule has 21 heavy (non-hydrogen) atoms. The molecule has 4 heteroatoms. The second kappa shape index (κ2) is 6.93. The zero-order valence-electron chi connectivity index (χ0n) is 13.4. The lowest BCUT2D eigenvalue weighted by atomic mass is 9.84. The number of rotatable bonds is 6. The normalized spacial score (nSPS) is 22.3. The third-order valence-corrected chi connectivity index (χ3v) is 6.50. The fraction of sp³-hybridized carbons (Fsp3) is 0.647. The third-order valence-electron chi connectivity index (χ3n) is 4.70. The Bertz CT molecular complexity index is 560. The summed E-state index contributed by atoms with van der Waals surface area (Å²) in [7, 11) is -2.81. The molecule has 2 rings (SSSR count). The molecule has 1 aromatic carbocycles. The molecule has 3 nitrogen and oxygen atoms in total. The van der Waals surface area contributed by atoms with Gasteiger partial charge in [-0.2, -0.15) is 0 Å². The standard InChI is InChI=1S/C17H27NO2S/c1-4-18-11-16(15-8-9-21(19,20)12-15)10-17-13(2)6-5-7-14(17)3/h5-7,15-16,18H,4,8-12H2,1-3H3. The van der Waals surface area contributed by atoms with E-state index in [9.17, 15) is 8.42 Å². The van der Waals surface area contributed by atoms with Crippen molar-refractivity contribution in [2.75, 3.05) is 24.6 Å². The Morgan fingerprint density at radius 2 is 1.95 bits per heavy atom. The average molecular weight is 309 g/mol. The predicted octanol–water partition coefficient (Wildman–Crippen LogP) is 2.51. The number of benzene rings is 1. The van der Waals surface area contributed by atoms with Crippen LogP contribution in [0, 0.1) is 25.7 Å². The van der Waals surface area contributed by atoms with Gasteiger partial charge in [0.2, 0.25) is 0 Å².